The van der Waals surface area contributed by atoms with Gasteiger partial charge in [-0.1, -0.05) is 41.4 Å². The third kappa shape index (κ3) is 5.11. The second-order valence-electron chi connectivity index (χ2n) is 6.34. The van der Waals surface area contributed by atoms with E-state index in [0.29, 0.717) is 21.6 Å². The van der Waals surface area contributed by atoms with Crippen LogP contribution in [0.3, 0.4) is 0 Å². The van der Waals surface area contributed by atoms with Gasteiger partial charge in [-0.2, -0.15) is 0 Å². The number of halogens is 2. The summed E-state index contributed by atoms with van der Waals surface area (Å²) in [6, 6.07) is 21.3. The fraction of sp³-hybridized carbons (Fsp3) is 0.0909. The summed E-state index contributed by atoms with van der Waals surface area (Å²) in [4.78, 5) is 16.9. The van der Waals surface area contributed by atoms with Gasteiger partial charge in [0.05, 0.1) is 16.0 Å². The van der Waals surface area contributed by atoms with Gasteiger partial charge < -0.3 is 5.32 Å². The maximum atomic E-state index is 12.2. The predicted molar refractivity (Wildman–Crippen MR) is 126 cm³/mol. The van der Waals surface area contributed by atoms with Crippen LogP contribution in [0.5, 0.6) is 0 Å². The highest BCUT2D eigenvalue weighted by Crippen LogP contribution is 2.30. The van der Waals surface area contributed by atoms with Gasteiger partial charge in [0.25, 0.3) is 0 Å². The molecular formula is C22H16Cl2N2OS2. The highest BCUT2D eigenvalue weighted by atomic mass is 35.5. The van der Waals surface area contributed by atoms with Crippen LogP contribution in [0.4, 0.5) is 5.69 Å². The summed E-state index contributed by atoms with van der Waals surface area (Å²) in [7, 11) is 0. The van der Waals surface area contributed by atoms with Crippen molar-refractivity contribution in [2.45, 2.75) is 5.75 Å². The largest absolute Gasteiger partial charge is 0.325 e. The van der Waals surface area contributed by atoms with Gasteiger partial charge in [0.15, 0.2) is 0 Å². The lowest BCUT2D eigenvalue weighted by Gasteiger charge is -2.07. The van der Waals surface area contributed by atoms with Crippen LogP contribution in [-0.4, -0.2) is 16.6 Å². The Morgan fingerprint density at radius 3 is 2.59 bits per heavy atom. The van der Waals surface area contributed by atoms with Crippen LogP contribution in [-0.2, 0) is 10.5 Å². The molecule has 4 rings (SSSR count). The Kier molecular flexibility index (Phi) is 6.40. The van der Waals surface area contributed by atoms with Crippen molar-refractivity contribution in [3.8, 4) is 10.6 Å². The van der Waals surface area contributed by atoms with Crippen LogP contribution >= 0.6 is 46.3 Å². The number of para-hydroxylation sites is 1. The molecule has 0 spiro atoms. The van der Waals surface area contributed by atoms with E-state index in [1.165, 1.54) is 11.8 Å². The lowest BCUT2D eigenvalue weighted by Crippen LogP contribution is -2.14. The molecule has 0 radical (unpaired) electrons. The highest BCUT2D eigenvalue weighted by molar-refractivity contribution is 7.99. The van der Waals surface area contributed by atoms with Gasteiger partial charge in [-0.05, 0) is 54.1 Å². The monoisotopic (exact) mass is 458 g/mol. The van der Waals surface area contributed by atoms with E-state index in [2.05, 4.69) is 16.4 Å². The number of carbonyl (C=O) groups excluding carboxylic acids is 1. The molecule has 3 aromatic carbocycles. The molecule has 0 bridgehead atoms. The summed E-state index contributed by atoms with van der Waals surface area (Å²) in [6.45, 7) is 0. The van der Waals surface area contributed by atoms with Crippen LogP contribution in [0, 0.1) is 0 Å². The van der Waals surface area contributed by atoms with Crippen LogP contribution in [0.15, 0.2) is 66.7 Å². The molecule has 1 amide bonds. The van der Waals surface area contributed by atoms with E-state index < -0.39 is 0 Å². The molecule has 1 N–H and O–H groups in total. The first-order valence-electron chi connectivity index (χ1n) is 8.86. The number of nitrogens with one attached hydrogen (secondary N) is 1. The number of thioether (sulfide) groups is 1. The number of thiazole rings is 1. The van der Waals surface area contributed by atoms with Crippen molar-refractivity contribution in [3.63, 3.8) is 0 Å². The number of hydrogen-bond acceptors (Lipinski definition) is 4. The Bertz CT molecular complexity index is 1130. The molecule has 29 heavy (non-hydrogen) atoms. The summed E-state index contributed by atoms with van der Waals surface area (Å²) in [5.41, 5.74) is 3.78. The first-order valence-corrected chi connectivity index (χ1v) is 11.6. The Hall–Kier alpha value is -2.05. The number of anilines is 1. The Labute approximate surface area is 187 Å². The van der Waals surface area contributed by atoms with Crippen LogP contribution in [0.1, 0.15) is 5.56 Å². The Balaban J connectivity index is 1.32. The lowest BCUT2D eigenvalue weighted by molar-refractivity contribution is -0.113. The molecular weight excluding hydrogens is 443 g/mol. The molecule has 7 heteroatoms. The van der Waals surface area contributed by atoms with Gasteiger partial charge in [0, 0.05) is 27.0 Å². The maximum Gasteiger partial charge on any atom is 0.234 e. The minimum atomic E-state index is -0.0483. The summed E-state index contributed by atoms with van der Waals surface area (Å²) in [5.74, 6) is 0.950. The molecule has 0 atom stereocenters. The van der Waals surface area contributed by atoms with Crippen molar-refractivity contribution < 1.29 is 4.79 Å². The van der Waals surface area contributed by atoms with Crippen LogP contribution < -0.4 is 5.32 Å². The quantitative estimate of drug-likeness (QED) is 0.333. The molecule has 1 heterocycles. The molecule has 3 nitrogen and oxygen atoms in total. The molecule has 0 aliphatic heterocycles. The van der Waals surface area contributed by atoms with Crippen molar-refractivity contribution in [3.05, 3.63) is 82.3 Å². The Morgan fingerprint density at radius 2 is 1.83 bits per heavy atom. The number of hydrogen-bond donors (Lipinski definition) is 1. The van der Waals surface area contributed by atoms with E-state index in [0.717, 1.165) is 32.0 Å². The van der Waals surface area contributed by atoms with Gasteiger partial charge in [0.1, 0.15) is 5.01 Å². The van der Waals surface area contributed by atoms with E-state index >= 15 is 0 Å². The van der Waals surface area contributed by atoms with Gasteiger partial charge >= 0.3 is 0 Å². The van der Waals surface area contributed by atoms with Gasteiger partial charge in [-0.3, -0.25) is 4.79 Å². The second kappa shape index (κ2) is 9.18. The van der Waals surface area contributed by atoms with Crippen molar-refractivity contribution in [1.29, 1.82) is 0 Å². The summed E-state index contributed by atoms with van der Waals surface area (Å²) >= 11 is 15.2. The first-order chi connectivity index (χ1) is 14.1. The smallest absolute Gasteiger partial charge is 0.234 e. The first kappa shape index (κ1) is 20.2. The minimum absolute atomic E-state index is 0.0483. The number of benzene rings is 3. The SMILES string of the molecule is O=C(CSCc1ccc(Cl)cc1Cl)Nc1ccc(-c2nc3ccccc3s2)cc1. The zero-order valence-corrected chi connectivity index (χ0v) is 18.3. The van der Waals surface area contributed by atoms with E-state index in [9.17, 15) is 4.79 Å². The van der Waals surface area contributed by atoms with Crippen LogP contribution in [0.2, 0.25) is 10.0 Å². The fourth-order valence-electron chi connectivity index (χ4n) is 2.78. The van der Waals surface area contributed by atoms with Crippen LogP contribution in [0.25, 0.3) is 20.8 Å². The maximum absolute atomic E-state index is 12.2. The molecule has 0 fully saturated rings. The average Bonchev–Trinajstić information content (AvgIpc) is 3.14. The summed E-state index contributed by atoms with van der Waals surface area (Å²) in [6.07, 6.45) is 0. The topological polar surface area (TPSA) is 42.0 Å². The summed E-state index contributed by atoms with van der Waals surface area (Å²) in [5, 5.41) is 5.13. The molecule has 146 valence electrons. The van der Waals surface area contributed by atoms with E-state index in [4.69, 9.17) is 23.2 Å². The van der Waals surface area contributed by atoms with Crippen molar-refractivity contribution >= 4 is 68.1 Å². The number of amides is 1. The molecule has 0 saturated carbocycles. The number of carbonyl (C=O) groups is 1. The number of aromatic nitrogens is 1. The normalized spacial score (nSPS) is 11.0. The molecule has 0 aliphatic rings. The number of nitrogens with zero attached hydrogens (tertiary/aromatic N) is 1. The molecule has 1 aromatic heterocycles. The predicted octanol–water partition coefficient (Wildman–Crippen LogP) is 7.14. The van der Waals surface area contributed by atoms with Gasteiger partial charge in [-0.25, -0.2) is 4.98 Å². The number of fused-ring (bicyclic) bond motifs is 1. The lowest BCUT2D eigenvalue weighted by atomic mass is 10.2. The third-order valence-electron chi connectivity index (χ3n) is 4.22. The number of rotatable bonds is 6. The fourth-order valence-corrected chi connectivity index (χ4v) is 5.14. The molecule has 0 unspecified atom stereocenters. The minimum Gasteiger partial charge on any atom is -0.325 e. The standard InChI is InChI=1S/C22H16Cl2N2OS2/c23-16-8-5-15(18(24)11-16)12-28-13-21(27)25-17-9-6-14(7-10-17)22-26-19-3-1-2-4-20(19)29-22/h1-11H,12-13H2,(H,25,27). The molecule has 0 saturated heterocycles. The second-order valence-corrected chi connectivity index (χ2v) is 9.20. The molecule has 4 aromatic rings. The Morgan fingerprint density at radius 1 is 1.03 bits per heavy atom. The third-order valence-corrected chi connectivity index (χ3v) is 6.87. The van der Waals surface area contributed by atoms with Gasteiger partial charge in [0.2, 0.25) is 5.91 Å². The van der Waals surface area contributed by atoms with E-state index in [-0.39, 0.29) is 5.91 Å². The van der Waals surface area contributed by atoms with E-state index in [1.807, 2.05) is 48.5 Å². The van der Waals surface area contributed by atoms with Crippen molar-refractivity contribution in [2.75, 3.05) is 11.1 Å². The van der Waals surface area contributed by atoms with Crippen molar-refractivity contribution in [2.24, 2.45) is 0 Å². The van der Waals surface area contributed by atoms with E-state index in [1.54, 1.807) is 23.5 Å². The zero-order chi connectivity index (χ0) is 20.2. The molecule has 0 aliphatic carbocycles. The highest BCUT2D eigenvalue weighted by Gasteiger charge is 2.08. The zero-order valence-electron chi connectivity index (χ0n) is 15.2. The average molecular weight is 459 g/mol. The summed E-state index contributed by atoms with van der Waals surface area (Å²) < 4.78 is 1.16. The van der Waals surface area contributed by atoms with Crippen molar-refractivity contribution in [1.82, 2.24) is 4.98 Å². The van der Waals surface area contributed by atoms with Gasteiger partial charge in [-0.15, -0.1) is 23.1 Å².